The first kappa shape index (κ1) is 14.7. The van der Waals surface area contributed by atoms with Gasteiger partial charge in [0.05, 0.1) is 25.0 Å². The molecule has 0 aromatic heterocycles. The largest absolute Gasteiger partial charge is 0.337 e. The molecule has 1 amide bonds. The first-order valence-corrected chi connectivity index (χ1v) is 6.21. The molecule has 0 aliphatic heterocycles. The molecule has 1 aromatic rings. The minimum absolute atomic E-state index is 0.105. The highest BCUT2D eigenvalue weighted by atomic mass is 16.2. The fraction of sp³-hybridized carbons (Fsp3) is 0.400. The summed E-state index contributed by atoms with van der Waals surface area (Å²) < 4.78 is 0. The van der Waals surface area contributed by atoms with Crippen LogP contribution in [-0.2, 0) is 0 Å². The lowest BCUT2D eigenvalue weighted by molar-refractivity contribution is 0.0761. The number of nitrogens with zero attached hydrogens (tertiary/aromatic N) is 3. The zero-order valence-corrected chi connectivity index (χ0v) is 11.3. The highest BCUT2D eigenvalue weighted by molar-refractivity contribution is 5.96. The fourth-order valence-corrected chi connectivity index (χ4v) is 1.84. The lowest BCUT2D eigenvalue weighted by Crippen LogP contribution is -2.33. The lowest BCUT2D eigenvalue weighted by atomic mass is 10.0. The second-order valence-corrected chi connectivity index (χ2v) is 4.36. The van der Waals surface area contributed by atoms with Gasteiger partial charge in [-0.15, -0.1) is 0 Å². The van der Waals surface area contributed by atoms with Crippen molar-refractivity contribution >= 4 is 5.91 Å². The Hall–Kier alpha value is -2.33. The molecule has 1 rings (SSSR count). The minimum Gasteiger partial charge on any atom is -0.337 e. The van der Waals surface area contributed by atoms with Crippen LogP contribution in [-0.4, -0.2) is 23.9 Å². The van der Waals surface area contributed by atoms with Crippen LogP contribution < -0.4 is 0 Å². The van der Waals surface area contributed by atoms with Crippen molar-refractivity contribution in [1.82, 2.24) is 4.90 Å². The maximum Gasteiger partial charge on any atom is 0.254 e. The lowest BCUT2D eigenvalue weighted by Gasteiger charge is -2.21. The molecule has 0 heterocycles. The Morgan fingerprint density at radius 2 is 1.74 bits per heavy atom. The van der Waals surface area contributed by atoms with E-state index in [1.54, 1.807) is 11.0 Å². The Kier molecular flexibility index (Phi) is 5.57. The van der Waals surface area contributed by atoms with Crippen molar-refractivity contribution in [2.75, 3.05) is 13.1 Å². The van der Waals surface area contributed by atoms with Gasteiger partial charge in [0.1, 0.15) is 0 Å². The average molecular weight is 255 g/mol. The van der Waals surface area contributed by atoms with Crippen LogP contribution in [0.2, 0.25) is 0 Å². The molecule has 0 radical (unpaired) electrons. The van der Waals surface area contributed by atoms with Gasteiger partial charge < -0.3 is 4.90 Å². The predicted molar refractivity (Wildman–Crippen MR) is 72.3 cm³/mol. The summed E-state index contributed by atoms with van der Waals surface area (Å²) in [5, 5.41) is 17.3. The van der Waals surface area contributed by atoms with Gasteiger partial charge in [-0.25, -0.2) is 0 Å². The summed E-state index contributed by atoms with van der Waals surface area (Å²) in [4.78, 5) is 14.0. The molecule has 0 saturated heterocycles. The average Bonchev–Trinajstić information content (AvgIpc) is 2.41. The summed E-state index contributed by atoms with van der Waals surface area (Å²) in [6, 6.07) is 9.66. The van der Waals surface area contributed by atoms with Gasteiger partial charge >= 0.3 is 0 Å². The Bertz CT molecular complexity index is 519. The van der Waals surface area contributed by atoms with Crippen LogP contribution in [0.15, 0.2) is 18.2 Å². The van der Waals surface area contributed by atoms with Gasteiger partial charge in [-0.2, -0.15) is 10.5 Å². The van der Waals surface area contributed by atoms with Gasteiger partial charge in [0, 0.05) is 18.7 Å². The Morgan fingerprint density at radius 1 is 1.16 bits per heavy atom. The monoisotopic (exact) mass is 255 g/mol. The standard InChI is InChI=1S/C15H17N3O/c1-12-6-3-7-14(13(12)2)15(19)18(10-4-8-16)11-5-9-17/h3,6-7H,4-5,10-11H2,1-2H3. The summed E-state index contributed by atoms with van der Waals surface area (Å²) in [7, 11) is 0. The van der Waals surface area contributed by atoms with E-state index < -0.39 is 0 Å². The van der Waals surface area contributed by atoms with Gasteiger partial charge in [0.15, 0.2) is 0 Å². The molecule has 0 bridgehead atoms. The van der Waals surface area contributed by atoms with Gasteiger partial charge in [-0.3, -0.25) is 4.79 Å². The quantitative estimate of drug-likeness (QED) is 0.812. The highest BCUT2D eigenvalue weighted by Gasteiger charge is 2.17. The number of aryl methyl sites for hydroxylation is 1. The van der Waals surface area contributed by atoms with Crippen LogP contribution in [0.3, 0.4) is 0 Å². The Balaban J connectivity index is 2.95. The van der Waals surface area contributed by atoms with Crippen molar-refractivity contribution in [1.29, 1.82) is 10.5 Å². The van der Waals surface area contributed by atoms with Crippen molar-refractivity contribution in [3.63, 3.8) is 0 Å². The van der Waals surface area contributed by atoms with Crippen molar-refractivity contribution in [3.8, 4) is 12.1 Å². The first-order chi connectivity index (χ1) is 9.11. The Labute approximate surface area is 113 Å². The number of rotatable bonds is 5. The van der Waals surface area contributed by atoms with Crippen molar-refractivity contribution in [3.05, 3.63) is 34.9 Å². The molecule has 4 heteroatoms. The van der Waals surface area contributed by atoms with Crippen molar-refractivity contribution < 1.29 is 4.79 Å². The third kappa shape index (κ3) is 3.82. The zero-order valence-electron chi connectivity index (χ0n) is 11.3. The summed E-state index contributed by atoms with van der Waals surface area (Å²) in [6.07, 6.45) is 0.560. The van der Waals surface area contributed by atoms with E-state index in [-0.39, 0.29) is 18.7 Å². The number of amides is 1. The van der Waals surface area contributed by atoms with Crippen LogP contribution in [0.25, 0.3) is 0 Å². The maximum atomic E-state index is 12.4. The van der Waals surface area contributed by atoms with E-state index in [0.29, 0.717) is 18.7 Å². The molecule has 0 unspecified atom stereocenters. The topological polar surface area (TPSA) is 67.9 Å². The van der Waals surface area contributed by atoms with E-state index in [0.717, 1.165) is 11.1 Å². The van der Waals surface area contributed by atoms with Crippen LogP contribution >= 0.6 is 0 Å². The minimum atomic E-state index is -0.105. The molecule has 19 heavy (non-hydrogen) atoms. The fourth-order valence-electron chi connectivity index (χ4n) is 1.84. The van der Waals surface area contributed by atoms with Crippen LogP contribution in [0.1, 0.15) is 34.3 Å². The zero-order chi connectivity index (χ0) is 14.3. The van der Waals surface area contributed by atoms with E-state index >= 15 is 0 Å². The molecule has 1 aromatic carbocycles. The number of carbonyl (C=O) groups excluding carboxylic acids is 1. The van der Waals surface area contributed by atoms with Gasteiger partial charge in [-0.05, 0) is 31.0 Å². The number of carbonyl (C=O) groups is 1. The van der Waals surface area contributed by atoms with Crippen molar-refractivity contribution in [2.24, 2.45) is 0 Å². The molecule has 0 N–H and O–H groups in total. The number of hydrogen-bond donors (Lipinski definition) is 0. The van der Waals surface area contributed by atoms with E-state index in [4.69, 9.17) is 10.5 Å². The molecule has 0 aliphatic rings. The summed E-state index contributed by atoms with van der Waals surface area (Å²) in [5.41, 5.74) is 2.66. The van der Waals surface area contributed by atoms with E-state index in [1.807, 2.05) is 38.1 Å². The molecule has 98 valence electrons. The molecule has 0 saturated carbocycles. The number of nitriles is 2. The number of benzene rings is 1. The second-order valence-electron chi connectivity index (χ2n) is 4.36. The molecule has 4 nitrogen and oxygen atoms in total. The maximum absolute atomic E-state index is 12.4. The van der Waals surface area contributed by atoms with Crippen LogP contribution in [0, 0.1) is 36.5 Å². The molecule has 0 spiro atoms. The highest BCUT2D eigenvalue weighted by Crippen LogP contribution is 2.15. The SMILES string of the molecule is Cc1cccc(C(=O)N(CCC#N)CCC#N)c1C. The van der Waals surface area contributed by atoms with Crippen LogP contribution in [0.4, 0.5) is 0 Å². The van der Waals surface area contributed by atoms with Crippen LogP contribution in [0.5, 0.6) is 0 Å². The smallest absolute Gasteiger partial charge is 0.254 e. The summed E-state index contributed by atoms with van der Waals surface area (Å²) >= 11 is 0. The normalized spacial score (nSPS) is 9.47. The summed E-state index contributed by atoms with van der Waals surface area (Å²) in [6.45, 7) is 4.60. The molecular weight excluding hydrogens is 238 g/mol. The Morgan fingerprint density at radius 3 is 2.26 bits per heavy atom. The summed E-state index contributed by atoms with van der Waals surface area (Å²) in [5.74, 6) is -0.105. The molecule has 0 atom stereocenters. The van der Waals surface area contributed by atoms with E-state index in [2.05, 4.69) is 0 Å². The van der Waals surface area contributed by atoms with E-state index in [1.165, 1.54) is 0 Å². The molecule has 0 aliphatic carbocycles. The first-order valence-electron chi connectivity index (χ1n) is 6.21. The predicted octanol–water partition coefficient (Wildman–Crippen LogP) is 2.57. The van der Waals surface area contributed by atoms with Crippen molar-refractivity contribution in [2.45, 2.75) is 26.7 Å². The second kappa shape index (κ2) is 7.18. The van der Waals surface area contributed by atoms with E-state index in [9.17, 15) is 4.79 Å². The number of hydrogen-bond acceptors (Lipinski definition) is 3. The molecule has 0 fully saturated rings. The van der Waals surface area contributed by atoms with Gasteiger partial charge in [0.25, 0.3) is 5.91 Å². The van der Waals surface area contributed by atoms with Gasteiger partial charge in [0.2, 0.25) is 0 Å². The third-order valence-electron chi connectivity index (χ3n) is 3.11. The third-order valence-corrected chi connectivity index (χ3v) is 3.11. The molecular formula is C15H17N3O. The van der Waals surface area contributed by atoms with Gasteiger partial charge in [-0.1, -0.05) is 12.1 Å².